The number of hydrogen-bond donors (Lipinski definition) is 0. The number of carbonyl (C=O) groups excluding carboxylic acids is 1. The van der Waals surface area contributed by atoms with Crippen LogP contribution in [0.4, 0.5) is 0 Å². The van der Waals surface area contributed by atoms with E-state index in [1.165, 1.54) is 22.0 Å². The minimum Gasteiger partial charge on any atom is -0.333 e. The van der Waals surface area contributed by atoms with Gasteiger partial charge < -0.3 is 4.90 Å². The highest BCUT2D eigenvalue weighted by Crippen LogP contribution is 2.22. The lowest BCUT2D eigenvalue weighted by atomic mass is 10.00. The van der Waals surface area contributed by atoms with Crippen molar-refractivity contribution in [3.05, 3.63) is 52.3 Å². The van der Waals surface area contributed by atoms with E-state index < -0.39 is 0 Å². The first kappa shape index (κ1) is 12.2. The van der Waals surface area contributed by atoms with Gasteiger partial charge in [-0.3, -0.25) is 9.48 Å². The summed E-state index contributed by atoms with van der Waals surface area (Å²) in [6, 6.07) is 8.23. The quantitative estimate of drug-likeness (QED) is 0.801. The van der Waals surface area contributed by atoms with E-state index in [1.807, 2.05) is 17.0 Å². The minimum atomic E-state index is -0.0560. The fraction of sp³-hybridized carbons (Fsp3) is 0.286. The Kier molecular flexibility index (Phi) is 3.03. The Morgan fingerprint density at radius 3 is 2.74 bits per heavy atom. The second-order valence-electron chi connectivity index (χ2n) is 4.71. The standard InChI is InChI=1S/C14H14ClN3O/c1-17-13(12(15)8-16-17)14(19)18-7-6-10-4-2-3-5-11(10)9-18/h2-5,8H,6-7,9H2,1H3. The Labute approximate surface area is 116 Å². The molecule has 0 saturated carbocycles. The van der Waals surface area contributed by atoms with Crippen molar-refractivity contribution in [1.82, 2.24) is 14.7 Å². The predicted octanol–water partition coefficient (Wildman–Crippen LogP) is 2.27. The Balaban J connectivity index is 1.88. The molecule has 5 heteroatoms. The van der Waals surface area contributed by atoms with Crippen molar-refractivity contribution < 1.29 is 4.79 Å². The fourth-order valence-electron chi connectivity index (χ4n) is 2.47. The van der Waals surface area contributed by atoms with Gasteiger partial charge in [-0.1, -0.05) is 35.9 Å². The van der Waals surface area contributed by atoms with Crippen molar-refractivity contribution in [2.75, 3.05) is 6.54 Å². The molecular formula is C14H14ClN3O. The second kappa shape index (κ2) is 4.70. The SMILES string of the molecule is Cn1ncc(Cl)c1C(=O)N1CCc2ccccc2C1. The van der Waals surface area contributed by atoms with Crippen LogP contribution < -0.4 is 0 Å². The van der Waals surface area contributed by atoms with E-state index in [9.17, 15) is 4.79 Å². The van der Waals surface area contributed by atoms with Gasteiger partial charge >= 0.3 is 0 Å². The van der Waals surface area contributed by atoms with Crippen molar-refractivity contribution in [2.45, 2.75) is 13.0 Å². The Morgan fingerprint density at radius 1 is 1.32 bits per heavy atom. The summed E-state index contributed by atoms with van der Waals surface area (Å²) in [5, 5.41) is 4.42. The first-order valence-corrected chi connectivity index (χ1v) is 6.58. The predicted molar refractivity (Wildman–Crippen MR) is 73.1 cm³/mol. The molecule has 0 unspecified atom stereocenters. The average molecular weight is 276 g/mol. The average Bonchev–Trinajstić information content (AvgIpc) is 2.77. The Bertz CT molecular complexity index is 616. The summed E-state index contributed by atoms with van der Waals surface area (Å²) in [5.41, 5.74) is 2.99. The van der Waals surface area contributed by atoms with Crippen LogP contribution in [0.5, 0.6) is 0 Å². The molecule has 0 spiro atoms. The molecule has 1 aliphatic heterocycles. The molecule has 0 aliphatic carbocycles. The number of amides is 1. The molecule has 1 amide bonds. The molecule has 1 aromatic heterocycles. The molecule has 19 heavy (non-hydrogen) atoms. The van der Waals surface area contributed by atoms with Crippen molar-refractivity contribution in [3.8, 4) is 0 Å². The summed E-state index contributed by atoms with van der Waals surface area (Å²) in [6.07, 6.45) is 2.39. The Hall–Kier alpha value is -1.81. The van der Waals surface area contributed by atoms with E-state index >= 15 is 0 Å². The lowest BCUT2D eigenvalue weighted by molar-refractivity contribution is 0.0723. The van der Waals surface area contributed by atoms with Crippen LogP contribution in [0.15, 0.2) is 30.5 Å². The zero-order valence-corrected chi connectivity index (χ0v) is 11.4. The first-order chi connectivity index (χ1) is 9.16. The van der Waals surface area contributed by atoms with E-state index in [-0.39, 0.29) is 5.91 Å². The Morgan fingerprint density at radius 2 is 2.05 bits per heavy atom. The fourth-order valence-corrected chi connectivity index (χ4v) is 2.72. The van der Waals surface area contributed by atoms with Gasteiger partial charge in [0.05, 0.1) is 11.2 Å². The minimum absolute atomic E-state index is 0.0560. The summed E-state index contributed by atoms with van der Waals surface area (Å²) in [7, 11) is 1.73. The molecule has 1 aliphatic rings. The molecular weight excluding hydrogens is 262 g/mol. The number of halogens is 1. The number of fused-ring (bicyclic) bond motifs is 1. The van der Waals surface area contributed by atoms with Crippen LogP contribution in [0, 0.1) is 0 Å². The first-order valence-electron chi connectivity index (χ1n) is 6.20. The molecule has 98 valence electrons. The molecule has 0 fully saturated rings. The molecule has 0 atom stereocenters. The lowest BCUT2D eigenvalue weighted by Crippen LogP contribution is -2.37. The molecule has 0 bridgehead atoms. The molecule has 2 aromatic rings. The molecule has 1 aromatic carbocycles. The number of aryl methyl sites for hydroxylation is 1. The maximum absolute atomic E-state index is 12.5. The van der Waals surface area contributed by atoms with E-state index in [2.05, 4.69) is 17.2 Å². The smallest absolute Gasteiger partial charge is 0.273 e. The van der Waals surface area contributed by atoms with Gasteiger partial charge in [-0.2, -0.15) is 5.10 Å². The van der Waals surface area contributed by atoms with Gasteiger partial charge in [0.25, 0.3) is 5.91 Å². The van der Waals surface area contributed by atoms with Crippen molar-refractivity contribution in [3.63, 3.8) is 0 Å². The molecule has 2 heterocycles. The van der Waals surface area contributed by atoms with E-state index in [0.717, 1.165) is 13.0 Å². The highest BCUT2D eigenvalue weighted by molar-refractivity contribution is 6.33. The van der Waals surface area contributed by atoms with Crippen LogP contribution in [-0.2, 0) is 20.0 Å². The van der Waals surface area contributed by atoms with Gasteiger partial charge in [-0.15, -0.1) is 0 Å². The van der Waals surface area contributed by atoms with Gasteiger partial charge in [0, 0.05) is 20.1 Å². The van der Waals surface area contributed by atoms with E-state index in [0.29, 0.717) is 17.3 Å². The number of benzene rings is 1. The van der Waals surface area contributed by atoms with Gasteiger partial charge in [-0.05, 0) is 17.5 Å². The number of nitrogens with zero attached hydrogens (tertiary/aromatic N) is 3. The molecule has 3 rings (SSSR count). The van der Waals surface area contributed by atoms with Crippen molar-refractivity contribution in [1.29, 1.82) is 0 Å². The number of carbonyl (C=O) groups is 1. The summed E-state index contributed by atoms with van der Waals surface area (Å²) >= 11 is 6.03. The van der Waals surface area contributed by atoms with Gasteiger partial charge in [-0.25, -0.2) is 0 Å². The molecule has 4 nitrogen and oxygen atoms in total. The van der Waals surface area contributed by atoms with E-state index in [1.54, 1.807) is 7.05 Å². The van der Waals surface area contributed by atoms with Crippen LogP contribution in [0.1, 0.15) is 21.6 Å². The molecule has 0 N–H and O–H groups in total. The number of hydrogen-bond acceptors (Lipinski definition) is 2. The highest BCUT2D eigenvalue weighted by Gasteiger charge is 2.25. The van der Waals surface area contributed by atoms with E-state index in [4.69, 9.17) is 11.6 Å². The lowest BCUT2D eigenvalue weighted by Gasteiger charge is -2.28. The van der Waals surface area contributed by atoms with Crippen LogP contribution in [0.25, 0.3) is 0 Å². The summed E-state index contributed by atoms with van der Waals surface area (Å²) in [4.78, 5) is 14.3. The molecule has 0 radical (unpaired) electrons. The zero-order valence-electron chi connectivity index (χ0n) is 10.6. The monoisotopic (exact) mass is 275 g/mol. The summed E-state index contributed by atoms with van der Waals surface area (Å²) < 4.78 is 1.53. The van der Waals surface area contributed by atoms with Gasteiger partial charge in [0.2, 0.25) is 0 Å². The molecule has 0 saturated heterocycles. The topological polar surface area (TPSA) is 38.1 Å². The van der Waals surface area contributed by atoms with Crippen molar-refractivity contribution in [2.24, 2.45) is 7.05 Å². The third-order valence-electron chi connectivity index (χ3n) is 3.51. The maximum atomic E-state index is 12.5. The maximum Gasteiger partial charge on any atom is 0.273 e. The number of aromatic nitrogens is 2. The van der Waals surface area contributed by atoms with Gasteiger partial charge in [0.15, 0.2) is 0 Å². The van der Waals surface area contributed by atoms with Crippen LogP contribution in [-0.4, -0.2) is 27.1 Å². The second-order valence-corrected chi connectivity index (χ2v) is 5.12. The van der Waals surface area contributed by atoms with Gasteiger partial charge in [0.1, 0.15) is 5.69 Å². The van der Waals surface area contributed by atoms with Crippen molar-refractivity contribution >= 4 is 17.5 Å². The van der Waals surface area contributed by atoms with Crippen LogP contribution in [0.3, 0.4) is 0 Å². The summed E-state index contributed by atoms with van der Waals surface area (Å²) in [5.74, 6) is -0.0560. The zero-order chi connectivity index (χ0) is 13.4. The van der Waals surface area contributed by atoms with Crippen LogP contribution in [0.2, 0.25) is 5.02 Å². The van der Waals surface area contributed by atoms with Crippen LogP contribution >= 0.6 is 11.6 Å². The normalized spacial score (nSPS) is 14.3. The number of rotatable bonds is 1. The third kappa shape index (κ3) is 2.12. The third-order valence-corrected chi connectivity index (χ3v) is 3.79. The summed E-state index contributed by atoms with van der Waals surface area (Å²) in [6.45, 7) is 1.36. The largest absolute Gasteiger partial charge is 0.333 e. The highest BCUT2D eigenvalue weighted by atomic mass is 35.5.